The number of amides is 2. The van der Waals surface area contributed by atoms with Gasteiger partial charge in [0.05, 0.1) is 10.9 Å². The van der Waals surface area contributed by atoms with E-state index in [0.29, 0.717) is 5.02 Å². The average molecular weight is 354 g/mol. The first-order valence-electron chi connectivity index (χ1n) is 7.76. The number of carbonyl (C=O) groups is 2. The van der Waals surface area contributed by atoms with Crippen LogP contribution in [0.5, 0.6) is 0 Å². The standard InChI is InChI=1S/C16H20ClN3O2S/c1-19-5-2-6-20(8-7-19)15(21)10-14-16(22)18-12-9-11(17)3-4-13(12)23-14/h3-4,9,14H,2,5-8,10H2,1H3,(H,18,22). The second-order valence-electron chi connectivity index (χ2n) is 5.98. The van der Waals surface area contributed by atoms with Gasteiger partial charge in [-0.25, -0.2) is 0 Å². The van der Waals surface area contributed by atoms with Crippen LogP contribution in [-0.2, 0) is 9.59 Å². The predicted molar refractivity (Wildman–Crippen MR) is 93.0 cm³/mol. The molecule has 7 heteroatoms. The lowest BCUT2D eigenvalue weighted by atomic mass is 10.2. The van der Waals surface area contributed by atoms with E-state index < -0.39 is 0 Å². The third kappa shape index (κ3) is 4.00. The molecule has 0 saturated carbocycles. The Morgan fingerprint density at radius 1 is 1.35 bits per heavy atom. The quantitative estimate of drug-likeness (QED) is 0.886. The van der Waals surface area contributed by atoms with Gasteiger partial charge in [-0.3, -0.25) is 9.59 Å². The number of hydrogen-bond acceptors (Lipinski definition) is 4. The Hall–Kier alpha value is -1.24. The fourth-order valence-electron chi connectivity index (χ4n) is 2.84. The van der Waals surface area contributed by atoms with Crippen molar-refractivity contribution in [3.05, 3.63) is 23.2 Å². The Balaban J connectivity index is 1.64. The Bertz CT molecular complexity index is 625. The normalized spacial score (nSPS) is 22.3. The number of hydrogen-bond donors (Lipinski definition) is 1. The smallest absolute Gasteiger partial charge is 0.238 e. The van der Waals surface area contributed by atoms with Gasteiger partial charge in [-0.05, 0) is 38.2 Å². The zero-order valence-electron chi connectivity index (χ0n) is 13.0. The maximum Gasteiger partial charge on any atom is 0.238 e. The molecule has 1 aromatic rings. The summed E-state index contributed by atoms with van der Waals surface area (Å²) in [6.07, 6.45) is 1.22. The van der Waals surface area contributed by atoms with Crippen molar-refractivity contribution >= 4 is 40.9 Å². The summed E-state index contributed by atoms with van der Waals surface area (Å²) in [5.74, 6) is -0.0598. The van der Waals surface area contributed by atoms with Gasteiger partial charge in [0, 0.05) is 36.0 Å². The van der Waals surface area contributed by atoms with E-state index >= 15 is 0 Å². The summed E-state index contributed by atoms with van der Waals surface area (Å²) in [4.78, 5) is 29.9. The highest BCUT2D eigenvalue weighted by molar-refractivity contribution is 8.01. The lowest BCUT2D eigenvalue weighted by molar-refractivity contribution is -0.132. The summed E-state index contributed by atoms with van der Waals surface area (Å²) in [5.41, 5.74) is 0.729. The zero-order chi connectivity index (χ0) is 16.4. The molecule has 0 aromatic heterocycles. The van der Waals surface area contributed by atoms with Gasteiger partial charge in [-0.2, -0.15) is 0 Å². The van der Waals surface area contributed by atoms with Crippen molar-refractivity contribution < 1.29 is 9.59 Å². The second kappa shape index (κ2) is 7.11. The zero-order valence-corrected chi connectivity index (χ0v) is 14.6. The van der Waals surface area contributed by atoms with Crippen LogP contribution in [0.3, 0.4) is 0 Å². The number of anilines is 1. The van der Waals surface area contributed by atoms with Crippen LogP contribution in [0.4, 0.5) is 5.69 Å². The predicted octanol–water partition coefficient (Wildman–Crippen LogP) is 2.31. The number of carbonyl (C=O) groups excluding carboxylic acids is 2. The van der Waals surface area contributed by atoms with Crippen molar-refractivity contribution in [3.8, 4) is 0 Å². The van der Waals surface area contributed by atoms with Gasteiger partial charge in [0.15, 0.2) is 0 Å². The molecule has 1 fully saturated rings. The molecule has 1 atom stereocenters. The van der Waals surface area contributed by atoms with Gasteiger partial charge in [0.1, 0.15) is 0 Å². The molecular formula is C16H20ClN3O2S. The molecule has 2 aliphatic heterocycles. The van der Waals surface area contributed by atoms with Crippen LogP contribution in [0.1, 0.15) is 12.8 Å². The monoisotopic (exact) mass is 353 g/mol. The Morgan fingerprint density at radius 2 is 2.17 bits per heavy atom. The topological polar surface area (TPSA) is 52.6 Å². The van der Waals surface area contributed by atoms with Gasteiger partial charge in [0.2, 0.25) is 11.8 Å². The maximum atomic E-state index is 12.5. The van der Waals surface area contributed by atoms with E-state index in [2.05, 4.69) is 17.3 Å². The van der Waals surface area contributed by atoms with Crippen molar-refractivity contribution in [1.29, 1.82) is 0 Å². The lowest BCUT2D eigenvalue weighted by Gasteiger charge is -2.26. The summed E-state index contributed by atoms with van der Waals surface area (Å²) in [7, 11) is 2.07. The second-order valence-corrected chi connectivity index (χ2v) is 7.66. The number of likely N-dealkylation sites (N-methyl/N-ethyl adjacent to an activating group) is 1. The maximum absolute atomic E-state index is 12.5. The molecule has 0 spiro atoms. The van der Waals surface area contributed by atoms with Crippen molar-refractivity contribution in [2.75, 3.05) is 38.5 Å². The van der Waals surface area contributed by atoms with E-state index in [4.69, 9.17) is 11.6 Å². The Kier molecular flexibility index (Phi) is 5.14. The number of fused-ring (bicyclic) bond motifs is 1. The van der Waals surface area contributed by atoms with E-state index in [1.54, 1.807) is 12.1 Å². The first kappa shape index (κ1) is 16.6. The molecule has 2 aliphatic rings. The van der Waals surface area contributed by atoms with Crippen molar-refractivity contribution in [2.45, 2.75) is 23.0 Å². The fourth-order valence-corrected chi connectivity index (χ4v) is 4.09. The minimum Gasteiger partial charge on any atom is -0.341 e. The molecular weight excluding hydrogens is 334 g/mol. The molecule has 1 N–H and O–H groups in total. The van der Waals surface area contributed by atoms with E-state index in [1.807, 2.05) is 11.0 Å². The minimum atomic E-state index is -0.378. The molecule has 1 aromatic carbocycles. The highest BCUT2D eigenvalue weighted by Gasteiger charge is 2.31. The summed E-state index contributed by atoms with van der Waals surface area (Å²) >= 11 is 7.39. The average Bonchev–Trinajstić information content (AvgIpc) is 2.73. The molecule has 3 rings (SSSR count). The Labute approximate surface area is 145 Å². The first-order valence-corrected chi connectivity index (χ1v) is 9.02. The number of nitrogens with zero attached hydrogens (tertiary/aromatic N) is 2. The number of benzene rings is 1. The molecule has 1 unspecified atom stereocenters. The molecule has 0 aliphatic carbocycles. The highest BCUT2D eigenvalue weighted by Crippen LogP contribution is 2.38. The van der Waals surface area contributed by atoms with Crippen LogP contribution < -0.4 is 5.32 Å². The van der Waals surface area contributed by atoms with Gasteiger partial charge in [0.25, 0.3) is 0 Å². The van der Waals surface area contributed by atoms with Gasteiger partial charge in [-0.1, -0.05) is 11.6 Å². The van der Waals surface area contributed by atoms with Gasteiger partial charge < -0.3 is 15.1 Å². The first-order chi connectivity index (χ1) is 11.0. The molecule has 0 radical (unpaired) electrons. The molecule has 124 valence electrons. The SMILES string of the molecule is CN1CCCN(C(=O)CC2Sc3ccc(Cl)cc3NC2=O)CC1. The highest BCUT2D eigenvalue weighted by atomic mass is 35.5. The third-order valence-electron chi connectivity index (χ3n) is 4.19. The summed E-state index contributed by atoms with van der Waals surface area (Å²) in [5, 5.41) is 3.07. The summed E-state index contributed by atoms with van der Waals surface area (Å²) < 4.78 is 0. The molecule has 5 nitrogen and oxygen atoms in total. The fraction of sp³-hybridized carbons (Fsp3) is 0.500. The van der Waals surface area contributed by atoms with Crippen molar-refractivity contribution in [3.63, 3.8) is 0 Å². The largest absolute Gasteiger partial charge is 0.341 e. The number of nitrogens with one attached hydrogen (secondary N) is 1. The van der Waals surface area contributed by atoms with E-state index in [0.717, 1.165) is 43.2 Å². The van der Waals surface area contributed by atoms with E-state index in [1.165, 1.54) is 11.8 Å². The van der Waals surface area contributed by atoms with Crippen LogP contribution in [-0.4, -0.2) is 60.1 Å². The van der Waals surface area contributed by atoms with Crippen molar-refractivity contribution in [1.82, 2.24) is 9.80 Å². The minimum absolute atomic E-state index is 0.0605. The molecule has 1 saturated heterocycles. The van der Waals surface area contributed by atoms with Crippen LogP contribution in [0.25, 0.3) is 0 Å². The lowest BCUT2D eigenvalue weighted by Crippen LogP contribution is -2.39. The van der Waals surface area contributed by atoms with Gasteiger partial charge >= 0.3 is 0 Å². The summed E-state index contributed by atoms with van der Waals surface area (Å²) in [6, 6.07) is 5.43. The number of thioether (sulfide) groups is 1. The van der Waals surface area contributed by atoms with Crippen molar-refractivity contribution in [2.24, 2.45) is 0 Å². The summed E-state index contributed by atoms with van der Waals surface area (Å²) in [6.45, 7) is 3.41. The van der Waals surface area contributed by atoms with Crippen LogP contribution in [0, 0.1) is 0 Å². The van der Waals surface area contributed by atoms with Crippen LogP contribution in [0.15, 0.2) is 23.1 Å². The third-order valence-corrected chi connectivity index (χ3v) is 5.70. The van der Waals surface area contributed by atoms with Gasteiger partial charge in [-0.15, -0.1) is 11.8 Å². The Morgan fingerprint density at radius 3 is 3.00 bits per heavy atom. The van der Waals surface area contributed by atoms with E-state index in [9.17, 15) is 9.59 Å². The molecule has 2 amide bonds. The number of halogens is 1. The van der Waals surface area contributed by atoms with Crippen LogP contribution in [0.2, 0.25) is 5.02 Å². The molecule has 0 bridgehead atoms. The molecule has 23 heavy (non-hydrogen) atoms. The van der Waals surface area contributed by atoms with E-state index in [-0.39, 0.29) is 23.5 Å². The molecule has 2 heterocycles. The number of rotatable bonds is 2. The van der Waals surface area contributed by atoms with Crippen LogP contribution >= 0.6 is 23.4 Å².